The Bertz CT molecular complexity index is 323. The predicted octanol–water partition coefficient (Wildman–Crippen LogP) is 3.19. The number of nitrogens with zero attached hydrogens (tertiary/aromatic N) is 3. The Morgan fingerprint density at radius 2 is 2.08 bits per heavy atom. The van der Waals surface area contributed by atoms with Crippen molar-refractivity contribution in [2.24, 2.45) is 10.3 Å². The van der Waals surface area contributed by atoms with Gasteiger partial charge in [0.2, 0.25) is 0 Å². The molecule has 0 bridgehead atoms. The van der Waals surface area contributed by atoms with Gasteiger partial charge in [-0.3, -0.25) is 0 Å². The molecule has 3 nitrogen and oxygen atoms in total. The molecular weight excluding hydrogens is 230 g/mol. The van der Waals surface area contributed by atoms with Crippen LogP contribution in [0.1, 0.15) is 5.56 Å². The van der Waals surface area contributed by atoms with Crippen LogP contribution in [0.4, 0.5) is 5.69 Å². The van der Waals surface area contributed by atoms with E-state index in [0.29, 0.717) is 0 Å². The molecule has 1 rings (SSSR count). The Balaban J connectivity index is 3.01. The first-order valence-electron chi connectivity index (χ1n) is 3.95. The molecule has 0 aliphatic carbocycles. The fraction of sp³-hybridized carbons (Fsp3) is 0.333. The van der Waals surface area contributed by atoms with Crippen LogP contribution in [0.3, 0.4) is 0 Å². The second kappa shape index (κ2) is 4.37. The van der Waals surface area contributed by atoms with Gasteiger partial charge in [0.15, 0.2) is 0 Å². The fourth-order valence-corrected chi connectivity index (χ4v) is 1.81. The summed E-state index contributed by atoms with van der Waals surface area (Å²) in [6, 6.07) is 6.10. The van der Waals surface area contributed by atoms with Gasteiger partial charge in [-0.25, -0.2) is 5.01 Å². The van der Waals surface area contributed by atoms with Gasteiger partial charge in [0.25, 0.3) is 0 Å². The molecule has 13 heavy (non-hydrogen) atoms. The standard InChI is InChI=1S/C9H12BrN3/c1-7-4-5-9(8(10)6-7)13(3)12-11-2/h4-6H,1-3H3. The van der Waals surface area contributed by atoms with Crippen LogP contribution < -0.4 is 5.01 Å². The van der Waals surface area contributed by atoms with Gasteiger partial charge < -0.3 is 0 Å². The lowest BCUT2D eigenvalue weighted by atomic mass is 10.2. The van der Waals surface area contributed by atoms with Gasteiger partial charge in [-0.2, -0.15) is 5.11 Å². The number of hydrogen-bond acceptors (Lipinski definition) is 2. The van der Waals surface area contributed by atoms with Crippen LogP contribution in [0.2, 0.25) is 0 Å². The first-order chi connectivity index (χ1) is 6.15. The minimum atomic E-state index is 1.01. The highest BCUT2D eigenvalue weighted by atomic mass is 79.9. The molecule has 0 fully saturated rings. The Morgan fingerprint density at radius 1 is 1.38 bits per heavy atom. The topological polar surface area (TPSA) is 28.0 Å². The molecule has 4 heteroatoms. The summed E-state index contributed by atoms with van der Waals surface area (Å²) in [5, 5.41) is 9.34. The Hall–Kier alpha value is -0.900. The maximum absolute atomic E-state index is 3.91. The second-order valence-electron chi connectivity index (χ2n) is 2.77. The first-order valence-corrected chi connectivity index (χ1v) is 4.74. The third-order valence-electron chi connectivity index (χ3n) is 1.68. The van der Waals surface area contributed by atoms with E-state index in [2.05, 4.69) is 39.3 Å². The lowest BCUT2D eigenvalue weighted by molar-refractivity contribution is 0.900. The largest absolute Gasteiger partial charge is 0.249 e. The van der Waals surface area contributed by atoms with Gasteiger partial charge in [-0.05, 0) is 40.5 Å². The third kappa shape index (κ3) is 2.52. The van der Waals surface area contributed by atoms with E-state index in [4.69, 9.17) is 0 Å². The molecular formula is C9H12BrN3. The molecule has 0 heterocycles. The van der Waals surface area contributed by atoms with Crippen LogP contribution in [-0.4, -0.2) is 14.1 Å². The van der Waals surface area contributed by atoms with Crippen molar-refractivity contribution in [1.82, 2.24) is 0 Å². The van der Waals surface area contributed by atoms with E-state index in [-0.39, 0.29) is 0 Å². The van der Waals surface area contributed by atoms with Crippen LogP contribution >= 0.6 is 15.9 Å². The van der Waals surface area contributed by atoms with Crippen molar-refractivity contribution in [1.29, 1.82) is 0 Å². The number of rotatable bonds is 2. The maximum atomic E-state index is 3.91. The molecule has 0 N–H and O–H groups in total. The molecule has 1 aromatic carbocycles. The van der Waals surface area contributed by atoms with Crippen LogP contribution in [0.15, 0.2) is 33.0 Å². The van der Waals surface area contributed by atoms with Crippen LogP contribution in [0.25, 0.3) is 0 Å². The van der Waals surface area contributed by atoms with Crippen molar-refractivity contribution >= 4 is 21.6 Å². The van der Waals surface area contributed by atoms with E-state index in [1.807, 2.05) is 19.2 Å². The van der Waals surface area contributed by atoms with Crippen LogP contribution in [0.5, 0.6) is 0 Å². The summed E-state index contributed by atoms with van der Waals surface area (Å²) < 4.78 is 1.03. The number of benzene rings is 1. The normalized spacial score (nSPS) is 10.8. The Morgan fingerprint density at radius 3 is 2.62 bits per heavy atom. The van der Waals surface area contributed by atoms with Crippen molar-refractivity contribution in [3.05, 3.63) is 28.2 Å². The van der Waals surface area contributed by atoms with Crippen molar-refractivity contribution in [2.45, 2.75) is 6.92 Å². The van der Waals surface area contributed by atoms with E-state index in [0.717, 1.165) is 10.2 Å². The summed E-state index contributed by atoms with van der Waals surface area (Å²) in [5.74, 6) is 0. The first kappa shape index (κ1) is 10.2. The fourth-order valence-electron chi connectivity index (χ4n) is 1.06. The summed E-state index contributed by atoms with van der Waals surface area (Å²) in [5.41, 5.74) is 2.23. The molecule has 0 aliphatic rings. The smallest absolute Gasteiger partial charge is 0.0749 e. The number of halogens is 1. The minimum absolute atomic E-state index is 1.01. The van der Waals surface area contributed by atoms with Crippen molar-refractivity contribution < 1.29 is 0 Å². The summed E-state index contributed by atoms with van der Waals surface area (Å²) in [7, 11) is 3.51. The van der Waals surface area contributed by atoms with Crippen LogP contribution in [-0.2, 0) is 0 Å². The average molecular weight is 242 g/mol. The number of hydrogen-bond donors (Lipinski definition) is 0. The van der Waals surface area contributed by atoms with E-state index in [9.17, 15) is 0 Å². The molecule has 0 atom stereocenters. The lowest BCUT2D eigenvalue weighted by Crippen LogP contribution is -2.07. The van der Waals surface area contributed by atoms with Gasteiger partial charge in [0.05, 0.1) is 12.7 Å². The highest BCUT2D eigenvalue weighted by Gasteiger charge is 2.03. The second-order valence-corrected chi connectivity index (χ2v) is 3.62. The van der Waals surface area contributed by atoms with E-state index in [1.165, 1.54) is 5.56 Å². The van der Waals surface area contributed by atoms with Gasteiger partial charge in [0, 0.05) is 11.5 Å². The summed E-state index contributed by atoms with van der Waals surface area (Å²) >= 11 is 3.47. The zero-order valence-electron chi connectivity index (χ0n) is 7.95. The number of anilines is 1. The molecule has 1 aromatic rings. The van der Waals surface area contributed by atoms with Gasteiger partial charge >= 0.3 is 0 Å². The Kier molecular flexibility index (Phi) is 3.42. The van der Waals surface area contributed by atoms with E-state index in [1.54, 1.807) is 12.1 Å². The number of aryl methyl sites for hydroxylation is 1. The van der Waals surface area contributed by atoms with Gasteiger partial charge in [0.1, 0.15) is 0 Å². The SMILES string of the molecule is CN=NN(C)c1ccc(C)cc1Br. The highest BCUT2D eigenvalue weighted by Crippen LogP contribution is 2.26. The molecule has 0 spiro atoms. The molecule has 0 unspecified atom stereocenters. The lowest BCUT2D eigenvalue weighted by Gasteiger charge is -2.13. The molecule has 0 aromatic heterocycles. The molecule has 0 amide bonds. The summed E-state index contributed by atoms with van der Waals surface area (Å²) in [4.78, 5) is 0. The summed E-state index contributed by atoms with van der Waals surface area (Å²) in [6.45, 7) is 2.05. The Labute approximate surface area is 86.6 Å². The predicted molar refractivity (Wildman–Crippen MR) is 58.1 cm³/mol. The zero-order chi connectivity index (χ0) is 9.84. The minimum Gasteiger partial charge on any atom is -0.249 e. The summed E-state index contributed by atoms with van der Waals surface area (Å²) in [6.07, 6.45) is 0. The molecule has 0 saturated carbocycles. The molecule has 0 radical (unpaired) electrons. The quantitative estimate of drug-likeness (QED) is 0.578. The molecule has 70 valence electrons. The zero-order valence-corrected chi connectivity index (χ0v) is 9.54. The van der Waals surface area contributed by atoms with E-state index < -0.39 is 0 Å². The molecule has 0 saturated heterocycles. The monoisotopic (exact) mass is 241 g/mol. The average Bonchev–Trinajstić information content (AvgIpc) is 2.04. The van der Waals surface area contributed by atoms with Gasteiger partial charge in [-0.1, -0.05) is 11.3 Å². The molecule has 0 aliphatic heterocycles. The van der Waals surface area contributed by atoms with Crippen LogP contribution in [0, 0.1) is 6.92 Å². The van der Waals surface area contributed by atoms with Crippen molar-refractivity contribution in [2.75, 3.05) is 19.1 Å². The highest BCUT2D eigenvalue weighted by molar-refractivity contribution is 9.10. The van der Waals surface area contributed by atoms with Gasteiger partial charge in [-0.15, -0.1) is 0 Å². The maximum Gasteiger partial charge on any atom is 0.0749 e. The van der Waals surface area contributed by atoms with Crippen molar-refractivity contribution in [3.8, 4) is 0 Å². The van der Waals surface area contributed by atoms with E-state index >= 15 is 0 Å². The third-order valence-corrected chi connectivity index (χ3v) is 2.31. The van der Waals surface area contributed by atoms with Crippen molar-refractivity contribution in [3.63, 3.8) is 0 Å².